The van der Waals surface area contributed by atoms with Crippen molar-refractivity contribution in [1.29, 1.82) is 0 Å². The predicted molar refractivity (Wildman–Crippen MR) is 336 cm³/mol. The molecule has 456 valence electrons. The zero-order chi connectivity index (χ0) is 61.0. The molecule has 3 unspecified atom stereocenters. The number of halogens is 2. The molecular weight excluding hydrogens is 1020 g/mol. The molecule has 2 aliphatic heterocycles. The molecule has 2 fully saturated rings. The van der Waals surface area contributed by atoms with E-state index in [1.165, 1.54) is 120 Å². The van der Waals surface area contributed by atoms with E-state index in [-0.39, 0.29) is 17.7 Å². The number of benzene rings is 2. The number of amides is 3. The highest BCUT2D eigenvalue weighted by Gasteiger charge is 2.27. The number of allylic oxidation sites excluding steroid dienone is 1. The van der Waals surface area contributed by atoms with Crippen LogP contribution in [0.15, 0.2) is 48.2 Å². The van der Waals surface area contributed by atoms with E-state index in [1.54, 1.807) is 27.2 Å². The number of carbonyl (C=O) groups excluding carboxylic acids is 3. The Labute approximate surface area is 490 Å². The fraction of sp³-hybridized carbons (Fsp3) is 0.647. The van der Waals surface area contributed by atoms with Gasteiger partial charge in [0.25, 0.3) is 5.91 Å². The largest absolute Gasteiger partial charge is 0.500 e. The van der Waals surface area contributed by atoms with Crippen LogP contribution in [0.2, 0.25) is 0 Å². The van der Waals surface area contributed by atoms with Crippen LogP contribution in [0.4, 0.5) is 14.7 Å². The second kappa shape index (κ2) is 41.7. The van der Waals surface area contributed by atoms with Gasteiger partial charge in [0, 0.05) is 57.9 Å². The summed E-state index contributed by atoms with van der Waals surface area (Å²) >= 11 is 0. The molecule has 1 saturated carbocycles. The number of hydrogen-bond donors (Lipinski definition) is 2. The van der Waals surface area contributed by atoms with Crippen LogP contribution in [0.5, 0.6) is 0 Å². The Hall–Kier alpha value is -5.30. The number of nitrogens with zero attached hydrogens (tertiary/aromatic N) is 4. The Morgan fingerprint density at radius 1 is 0.716 bits per heavy atom. The van der Waals surface area contributed by atoms with Crippen LogP contribution in [0.1, 0.15) is 237 Å². The topological polar surface area (TPSA) is 127 Å². The van der Waals surface area contributed by atoms with Gasteiger partial charge in [-0.1, -0.05) is 159 Å². The number of unbranched alkanes of at least 4 members (excludes halogenated alkanes) is 1. The number of piperidine rings is 1. The zero-order valence-electron chi connectivity index (χ0n) is 54.0. The van der Waals surface area contributed by atoms with Crippen LogP contribution in [0.3, 0.4) is 0 Å². The lowest BCUT2D eigenvalue weighted by Gasteiger charge is -2.21. The molecule has 1 saturated heterocycles. The summed E-state index contributed by atoms with van der Waals surface area (Å²) in [5, 5.41) is 5.20. The van der Waals surface area contributed by atoms with Crippen LogP contribution in [0, 0.1) is 56.1 Å². The molecule has 81 heavy (non-hydrogen) atoms. The van der Waals surface area contributed by atoms with Crippen LogP contribution in [-0.2, 0) is 32.5 Å². The molecule has 3 aliphatic rings. The van der Waals surface area contributed by atoms with Crippen molar-refractivity contribution >= 4 is 46.0 Å². The first kappa shape index (κ1) is 73.7. The minimum Gasteiger partial charge on any atom is -0.500 e. The smallest absolute Gasteiger partial charge is 0.258 e. The van der Waals surface area contributed by atoms with Crippen molar-refractivity contribution in [2.75, 3.05) is 39.7 Å². The Kier molecular flexibility index (Phi) is 37.9. The van der Waals surface area contributed by atoms with Gasteiger partial charge in [-0.05, 0) is 117 Å². The number of aromatic nitrogens is 3. The SMILES string of the molecule is C1CCCC1.CCCC.CCCC(C)CC[C@H](C)CC.CCCC(COC)C(C)CC.CCc1cc2nc(NC(=O)c3cc(C)nc(C4=C(OC)CC[N+](C)=C4C)c3)n(C)c2cc1C.Cc1cc(F)cc(F)c1.O=C1CCCC(=O)N1. The van der Waals surface area contributed by atoms with Gasteiger partial charge in [-0.2, -0.15) is 0 Å². The molecule has 4 atom stereocenters. The highest BCUT2D eigenvalue weighted by molar-refractivity contribution is 6.21. The van der Waals surface area contributed by atoms with E-state index >= 15 is 0 Å². The molecule has 1 aliphatic carbocycles. The van der Waals surface area contributed by atoms with Gasteiger partial charge >= 0.3 is 0 Å². The third kappa shape index (κ3) is 28.5. The summed E-state index contributed by atoms with van der Waals surface area (Å²) in [7, 11) is 7.47. The summed E-state index contributed by atoms with van der Waals surface area (Å²) in [5.41, 5.74) is 9.07. The van der Waals surface area contributed by atoms with E-state index in [4.69, 9.17) is 14.5 Å². The maximum Gasteiger partial charge on any atom is 0.258 e. The number of anilines is 1. The van der Waals surface area contributed by atoms with Gasteiger partial charge < -0.3 is 14.0 Å². The minimum absolute atomic E-state index is 0.138. The number of hydrogen-bond acceptors (Lipinski definition) is 7. The first-order chi connectivity index (χ1) is 38.6. The number of fused-ring (bicyclic) bond motifs is 1. The van der Waals surface area contributed by atoms with E-state index in [0.717, 1.165) is 95.2 Å². The highest BCUT2D eigenvalue weighted by Crippen LogP contribution is 2.28. The summed E-state index contributed by atoms with van der Waals surface area (Å²) in [4.78, 5) is 43.4. The van der Waals surface area contributed by atoms with Crippen LogP contribution < -0.4 is 10.6 Å². The lowest BCUT2D eigenvalue weighted by atomic mass is 9.89. The summed E-state index contributed by atoms with van der Waals surface area (Å²) in [6.45, 7) is 32.2. The predicted octanol–water partition coefficient (Wildman–Crippen LogP) is 17.5. The maximum absolute atomic E-state index is 13.3. The van der Waals surface area contributed by atoms with Crippen molar-refractivity contribution in [2.24, 2.45) is 30.7 Å². The first-order valence-electron chi connectivity index (χ1n) is 30.9. The Morgan fingerprint density at radius 3 is 1.77 bits per heavy atom. The first-order valence-corrected chi connectivity index (χ1v) is 30.9. The molecule has 2 aromatic heterocycles. The molecule has 0 radical (unpaired) electrons. The standard InChI is InChI=1S/C26H31N5O2.C11H24.C10H22O.C7H6F2.C5H7NO2.C5H10.C4H10/c1-8-18-13-20-22(11-15(18)2)31(6)26(28-20)29-25(32)19-12-16(3)27-21(14-19)24-17(4)30(5)10-9-23(24)33-7;1-5-7-11(4)9-8-10(3)6-2;1-5-7-10(8-11-4)9(3)6-2;1-5-2-6(8)4-7(9)3-5;7-4-2-1-3-5(8)6-4;1-2-4-5-3-1;1-3-4-2/h11-14H,8-10H2,1-7H3;10-11H,5-9H2,1-4H3;9-10H,5-8H2,1-4H3;2-4H,1H3;1-3H2,(H,6,7,8);1-5H2;3-4H2,1-2H3/p+1/t;10-,11?;;;;;/m.1...../s1. The molecule has 2 N–H and O–H groups in total. The molecular formula is C68H111F2N6O5+. The van der Waals surface area contributed by atoms with Crippen molar-refractivity contribution in [3.05, 3.63) is 93.5 Å². The van der Waals surface area contributed by atoms with Gasteiger partial charge in [0.1, 0.15) is 36.6 Å². The van der Waals surface area contributed by atoms with E-state index in [1.807, 2.05) is 24.6 Å². The molecule has 11 nitrogen and oxygen atoms in total. The van der Waals surface area contributed by atoms with Crippen LogP contribution >= 0.6 is 0 Å². The quantitative estimate of drug-likeness (QED) is 0.0750. The summed E-state index contributed by atoms with van der Waals surface area (Å²) in [6.07, 6.45) is 24.4. The monoisotopic (exact) mass is 1130 g/mol. The third-order valence-corrected chi connectivity index (χ3v) is 15.5. The minimum atomic E-state index is -0.521. The fourth-order valence-corrected chi connectivity index (χ4v) is 9.59. The average molecular weight is 1130 g/mol. The van der Waals surface area contributed by atoms with E-state index < -0.39 is 11.6 Å². The van der Waals surface area contributed by atoms with Gasteiger partial charge in [0.2, 0.25) is 17.8 Å². The van der Waals surface area contributed by atoms with Crippen molar-refractivity contribution in [2.45, 2.75) is 225 Å². The number of pyridine rings is 1. The van der Waals surface area contributed by atoms with Gasteiger partial charge in [-0.3, -0.25) is 30.0 Å². The summed E-state index contributed by atoms with van der Waals surface area (Å²) in [5.74, 6) is 3.37. The maximum atomic E-state index is 13.3. The lowest BCUT2D eigenvalue weighted by Crippen LogP contribution is -2.33. The number of imidazole rings is 1. The molecule has 0 spiro atoms. The van der Waals surface area contributed by atoms with Crippen molar-refractivity contribution < 1.29 is 37.2 Å². The van der Waals surface area contributed by atoms with Crippen molar-refractivity contribution in [3.63, 3.8) is 0 Å². The highest BCUT2D eigenvalue weighted by atomic mass is 19.1. The van der Waals surface area contributed by atoms with Crippen molar-refractivity contribution in [1.82, 2.24) is 19.9 Å². The number of ether oxygens (including phenoxy) is 2. The number of carbonyl (C=O) groups is 3. The van der Waals surface area contributed by atoms with E-state index in [0.29, 0.717) is 36.3 Å². The Morgan fingerprint density at radius 2 is 1.30 bits per heavy atom. The molecule has 7 rings (SSSR count). The third-order valence-electron chi connectivity index (χ3n) is 15.5. The van der Waals surface area contributed by atoms with Gasteiger partial charge in [0.05, 0.1) is 30.3 Å². The molecule has 4 aromatic rings. The number of rotatable bonds is 18. The average Bonchev–Trinajstić information content (AvgIpc) is 4.15. The summed E-state index contributed by atoms with van der Waals surface area (Å²) in [6, 6.07) is 11.3. The van der Waals surface area contributed by atoms with Gasteiger partial charge in [-0.15, -0.1) is 0 Å². The van der Waals surface area contributed by atoms with Gasteiger partial charge in [0.15, 0.2) is 5.71 Å². The number of nitrogens with one attached hydrogen (secondary N) is 2. The second-order valence-corrected chi connectivity index (χ2v) is 22.6. The number of aryl methyl sites for hydroxylation is 5. The van der Waals surface area contributed by atoms with Crippen LogP contribution in [0.25, 0.3) is 16.6 Å². The Bertz CT molecular complexity index is 2450. The lowest BCUT2D eigenvalue weighted by molar-refractivity contribution is -0.497. The molecule has 0 bridgehead atoms. The number of imide groups is 1. The van der Waals surface area contributed by atoms with Crippen molar-refractivity contribution in [3.8, 4) is 0 Å². The summed E-state index contributed by atoms with van der Waals surface area (Å²) < 4.78 is 39.3. The van der Waals surface area contributed by atoms with E-state index in [9.17, 15) is 23.2 Å². The second-order valence-electron chi connectivity index (χ2n) is 22.6. The normalized spacial score (nSPS) is 15.2. The number of methoxy groups -OCH3 is 2. The molecule has 4 heterocycles. The Balaban J connectivity index is 0.000000557. The van der Waals surface area contributed by atoms with E-state index in [2.05, 4.69) is 122 Å². The molecule has 13 heteroatoms. The fourth-order valence-electron chi connectivity index (χ4n) is 9.59. The molecule has 2 aromatic carbocycles. The van der Waals surface area contributed by atoms with Crippen LogP contribution in [-0.4, -0.2) is 77.0 Å². The zero-order valence-corrected chi connectivity index (χ0v) is 54.0. The van der Waals surface area contributed by atoms with Gasteiger partial charge in [-0.25, -0.2) is 18.3 Å². The molecule has 3 amide bonds.